The van der Waals surface area contributed by atoms with E-state index >= 15 is 0 Å². The highest BCUT2D eigenvalue weighted by Crippen LogP contribution is 2.24. The van der Waals surface area contributed by atoms with Gasteiger partial charge in [-0.25, -0.2) is 14.4 Å². The van der Waals surface area contributed by atoms with E-state index in [1.165, 1.54) is 24.5 Å². The van der Waals surface area contributed by atoms with Crippen LogP contribution in [0, 0.1) is 0 Å². The maximum Gasteiger partial charge on any atom is 0.281 e. The van der Waals surface area contributed by atoms with Gasteiger partial charge in [0.15, 0.2) is 5.49 Å². The van der Waals surface area contributed by atoms with Crippen LogP contribution >= 0.6 is 11.9 Å². The van der Waals surface area contributed by atoms with Gasteiger partial charge in [0.2, 0.25) is 5.91 Å². The van der Waals surface area contributed by atoms with Crippen LogP contribution in [-0.2, 0) is 9.59 Å². The van der Waals surface area contributed by atoms with Crippen molar-refractivity contribution in [3.63, 3.8) is 0 Å². The van der Waals surface area contributed by atoms with Crippen LogP contribution < -0.4 is 15.6 Å². The van der Waals surface area contributed by atoms with Gasteiger partial charge in [-0.15, -0.1) is 0 Å². The number of allylic oxidation sites excluding steroid dienone is 1. The molecule has 0 spiro atoms. The van der Waals surface area contributed by atoms with E-state index < -0.39 is 5.91 Å². The molecule has 4 aliphatic rings. The fourth-order valence-electron chi connectivity index (χ4n) is 3.44. The lowest BCUT2D eigenvalue weighted by Gasteiger charge is -2.29. The SMILES string of the molecule is O=C1N=c2ncnc3c2=C1/C=N\c1cccc(c1)S/N=C\C=C/CC(=O)N1C=CN3CC1. The third kappa shape index (κ3) is 4.00. The predicted octanol–water partition coefficient (Wildman–Crippen LogP) is 1.35. The Balaban J connectivity index is 1.63. The number of fused-ring (bicyclic) bond motifs is 5. The molecule has 4 bridgehead atoms. The molecule has 0 saturated heterocycles. The first-order valence-corrected chi connectivity index (χ1v) is 10.7. The summed E-state index contributed by atoms with van der Waals surface area (Å²) in [7, 11) is 0. The van der Waals surface area contributed by atoms with Gasteiger partial charge in [0.05, 0.1) is 16.5 Å². The van der Waals surface area contributed by atoms with Crippen LogP contribution in [-0.4, -0.2) is 52.2 Å². The van der Waals surface area contributed by atoms with E-state index in [4.69, 9.17) is 0 Å². The Morgan fingerprint density at radius 3 is 2.78 bits per heavy atom. The second-order valence-corrected chi connectivity index (χ2v) is 7.90. The number of hydrogen-bond donors (Lipinski definition) is 0. The number of amides is 2. The molecule has 1 aromatic heterocycles. The van der Waals surface area contributed by atoms with Crippen molar-refractivity contribution in [2.75, 3.05) is 18.0 Å². The van der Waals surface area contributed by atoms with Crippen molar-refractivity contribution in [2.45, 2.75) is 11.3 Å². The molecule has 9 nitrogen and oxygen atoms in total. The zero-order valence-electron chi connectivity index (χ0n) is 16.8. The molecule has 0 fully saturated rings. The highest BCUT2D eigenvalue weighted by atomic mass is 32.2. The minimum Gasteiger partial charge on any atom is -0.329 e. The molecule has 6 rings (SSSR count). The molecule has 0 aliphatic carbocycles. The van der Waals surface area contributed by atoms with Crippen LogP contribution in [0.5, 0.6) is 0 Å². The summed E-state index contributed by atoms with van der Waals surface area (Å²) in [6.07, 6.45) is 11.9. The number of anilines is 1. The number of carbonyl (C=O) groups is 2. The van der Waals surface area contributed by atoms with Gasteiger partial charge in [-0.2, -0.15) is 4.99 Å². The van der Waals surface area contributed by atoms with Gasteiger partial charge in [-0.1, -0.05) is 12.1 Å². The highest BCUT2D eigenvalue weighted by molar-refractivity contribution is 7.98. The van der Waals surface area contributed by atoms with E-state index in [1.807, 2.05) is 29.2 Å². The Hall–Kier alpha value is -3.92. The fraction of sp³-hybridized carbons (Fsp3) is 0.136. The summed E-state index contributed by atoms with van der Waals surface area (Å²) in [5, 5.41) is 0.543. The quantitative estimate of drug-likeness (QED) is 0.570. The molecule has 32 heavy (non-hydrogen) atoms. The van der Waals surface area contributed by atoms with Crippen LogP contribution in [0.1, 0.15) is 6.42 Å². The van der Waals surface area contributed by atoms with Crippen molar-refractivity contribution in [1.82, 2.24) is 14.9 Å². The molecule has 0 saturated carbocycles. The summed E-state index contributed by atoms with van der Waals surface area (Å²) in [4.78, 5) is 46.6. The fourth-order valence-corrected chi connectivity index (χ4v) is 4.00. The van der Waals surface area contributed by atoms with Crippen LogP contribution in [0.25, 0.3) is 5.57 Å². The maximum atomic E-state index is 12.6. The van der Waals surface area contributed by atoms with Gasteiger partial charge in [-0.3, -0.25) is 14.6 Å². The highest BCUT2D eigenvalue weighted by Gasteiger charge is 2.23. The molecule has 1 aromatic carbocycles. The maximum absolute atomic E-state index is 12.6. The number of aliphatic imine (C=N–C) groups is 1. The van der Waals surface area contributed by atoms with Gasteiger partial charge in [0, 0.05) is 61.2 Å². The molecule has 10 heteroatoms. The minimum absolute atomic E-state index is 0.0127. The van der Waals surface area contributed by atoms with Gasteiger partial charge >= 0.3 is 0 Å². The van der Waals surface area contributed by atoms with E-state index in [-0.39, 0.29) is 12.3 Å². The van der Waals surface area contributed by atoms with Crippen molar-refractivity contribution in [1.29, 1.82) is 0 Å². The topological polar surface area (TPSA) is 103 Å². The van der Waals surface area contributed by atoms with E-state index in [0.717, 1.165) is 4.90 Å². The van der Waals surface area contributed by atoms with Gasteiger partial charge in [0.25, 0.3) is 5.91 Å². The number of nitrogens with zero attached hydrogens (tertiary/aromatic N) is 7. The van der Waals surface area contributed by atoms with Gasteiger partial charge in [0.1, 0.15) is 12.1 Å². The molecule has 2 aromatic rings. The number of aromatic nitrogens is 2. The minimum atomic E-state index is -0.407. The number of carbonyl (C=O) groups excluding carboxylic acids is 2. The summed E-state index contributed by atoms with van der Waals surface area (Å²) in [6, 6.07) is 7.52. The van der Waals surface area contributed by atoms with Crippen molar-refractivity contribution >= 4 is 53.3 Å². The Morgan fingerprint density at radius 1 is 1.03 bits per heavy atom. The Morgan fingerprint density at radius 2 is 1.91 bits per heavy atom. The largest absolute Gasteiger partial charge is 0.329 e. The lowest BCUT2D eigenvalue weighted by Crippen LogP contribution is -2.42. The summed E-state index contributed by atoms with van der Waals surface area (Å²) in [5.74, 6) is 0.140. The molecule has 4 aliphatic heterocycles. The lowest BCUT2D eigenvalue weighted by atomic mass is 10.2. The summed E-state index contributed by atoms with van der Waals surface area (Å²) < 4.78 is 4.29. The average Bonchev–Trinajstić information content (AvgIpc) is 3.14. The average molecular weight is 443 g/mol. The van der Waals surface area contributed by atoms with Crippen molar-refractivity contribution in [3.8, 4) is 0 Å². The molecule has 0 N–H and O–H groups in total. The number of rotatable bonds is 0. The normalized spacial score (nSPS) is 20.8. The molecule has 158 valence electrons. The summed E-state index contributed by atoms with van der Waals surface area (Å²) in [5.41, 5.74) is 1.34. The van der Waals surface area contributed by atoms with E-state index in [0.29, 0.717) is 40.9 Å². The number of hydrogen-bond acceptors (Lipinski definition) is 8. The van der Waals surface area contributed by atoms with Crippen LogP contribution in [0.3, 0.4) is 0 Å². The van der Waals surface area contributed by atoms with Crippen molar-refractivity contribution in [3.05, 3.63) is 65.9 Å². The summed E-state index contributed by atoms with van der Waals surface area (Å²) in [6.45, 7) is 1.01. The van der Waals surface area contributed by atoms with Crippen LogP contribution in [0.2, 0.25) is 0 Å². The Kier molecular flexibility index (Phi) is 5.42. The van der Waals surface area contributed by atoms with Crippen LogP contribution in [0.15, 0.2) is 74.4 Å². The second-order valence-electron chi connectivity index (χ2n) is 7.04. The first-order valence-electron chi connectivity index (χ1n) is 9.91. The van der Waals surface area contributed by atoms with Gasteiger partial charge in [-0.05, 0) is 24.3 Å². The van der Waals surface area contributed by atoms with E-state index in [1.54, 1.807) is 35.7 Å². The molecule has 0 unspecified atom stereocenters. The standard InChI is InChI=1S/C22H17N7O2S/c30-18-6-1-2-7-26-32-16-5-3-4-15(12-16)23-13-17-19-20(27-22(17)31)24-14-25-21(19)29-10-8-28(18)9-11-29/h1-5,7-8,10,12-14H,6,9,11H2/b2-1-,23-13-,26-7-. The molecular weight excluding hydrogens is 426 g/mol. The first kappa shape index (κ1) is 20.0. The van der Waals surface area contributed by atoms with Crippen LogP contribution in [0.4, 0.5) is 11.5 Å². The molecule has 0 atom stereocenters. The van der Waals surface area contributed by atoms with E-state index in [2.05, 4.69) is 24.4 Å². The smallest absolute Gasteiger partial charge is 0.281 e. The Bertz CT molecular complexity index is 1350. The van der Waals surface area contributed by atoms with Crippen molar-refractivity contribution in [2.24, 2.45) is 14.4 Å². The zero-order chi connectivity index (χ0) is 21.9. The Labute approximate surface area is 187 Å². The number of benzene rings is 1. The van der Waals surface area contributed by atoms with Gasteiger partial charge < -0.3 is 9.80 Å². The monoisotopic (exact) mass is 443 g/mol. The predicted molar refractivity (Wildman–Crippen MR) is 122 cm³/mol. The third-order valence-electron chi connectivity index (χ3n) is 5.01. The molecule has 5 heterocycles. The molecule has 2 amide bonds. The molecule has 0 radical (unpaired) electrons. The zero-order valence-corrected chi connectivity index (χ0v) is 17.6. The molecular formula is C22H17N7O2S. The summed E-state index contributed by atoms with van der Waals surface area (Å²) >= 11 is 1.29. The lowest BCUT2D eigenvalue weighted by molar-refractivity contribution is -0.127. The first-order chi connectivity index (χ1) is 15.7. The van der Waals surface area contributed by atoms with Crippen molar-refractivity contribution < 1.29 is 9.59 Å². The second kappa shape index (κ2) is 8.67. The van der Waals surface area contributed by atoms with E-state index in [9.17, 15) is 9.59 Å². The third-order valence-corrected chi connectivity index (χ3v) is 5.70.